The molecule has 2 aromatic carbocycles. The maximum atomic E-state index is 4.17. The van der Waals surface area contributed by atoms with E-state index in [2.05, 4.69) is 83.4 Å². The zero-order valence-electron chi connectivity index (χ0n) is 12.5. The number of imidazole rings is 1. The fourth-order valence-corrected chi connectivity index (χ4v) is 5.64. The Balaban J connectivity index is 2.02. The first-order valence-corrected chi connectivity index (χ1v) is 10.5. The summed E-state index contributed by atoms with van der Waals surface area (Å²) in [6.07, 6.45) is 6.88. The van der Waals surface area contributed by atoms with E-state index in [1.165, 1.54) is 16.3 Å². The number of nitrogens with zero attached hydrogens (tertiary/aromatic N) is 2. The van der Waals surface area contributed by atoms with Crippen LogP contribution in [0.4, 0.5) is 0 Å². The highest BCUT2D eigenvalue weighted by atomic mass is 28.3. The molecule has 0 radical (unpaired) electrons. The molecule has 0 N–H and O–H groups in total. The number of rotatable bonds is 4. The Morgan fingerprint density at radius 1 is 0.952 bits per heavy atom. The van der Waals surface area contributed by atoms with E-state index in [0.717, 1.165) is 6.17 Å². The topological polar surface area (TPSA) is 17.8 Å². The van der Waals surface area contributed by atoms with Crippen molar-refractivity contribution in [3.8, 4) is 11.1 Å². The summed E-state index contributed by atoms with van der Waals surface area (Å²) in [6.45, 7) is 4.85. The SMILES string of the molecule is C[Si](C)(Cn1ccnc1)c1ccccc1-c1ccccc1. The first-order valence-electron chi connectivity index (χ1n) is 7.27. The largest absolute Gasteiger partial charge is 0.340 e. The van der Waals surface area contributed by atoms with Crippen LogP contribution < -0.4 is 5.19 Å². The van der Waals surface area contributed by atoms with E-state index < -0.39 is 8.07 Å². The Labute approximate surface area is 127 Å². The van der Waals surface area contributed by atoms with E-state index >= 15 is 0 Å². The Kier molecular flexibility index (Phi) is 3.75. The minimum absolute atomic E-state index is 1.05. The second-order valence-corrected chi connectivity index (χ2v) is 10.7. The van der Waals surface area contributed by atoms with E-state index in [1.54, 1.807) is 0 Å². The summed E-state index contributed by atoms with van der Waals surface area (Å²) < 4.78 is 2.20. The van der Waals surface area contributed by atoms with Crippen LogP contribution in [0, 0.1) is 0 Å². The number of aromatic nitrogens is 2. The van der Waals surface area contributed by atoms with Crippen LogP contribution in [-0.4, -0.2) is 17.6 Å². The van der Waals surface area contributed by atoms with Gasteiger partial charge in [0.1, 0.15) is 8.07 Å². The summed E-state index contributed by atoms with van der Waals surface area (Å²) in [5.41, 5.74) is 2.68. The molecule has 21 heavy (non-hydrogen) atoms. The standard InChI is InChI=1S/C18H20N2Si/c1-21(2,15-20-13-12-19-14-20)18-11-7-6-10-17(18)16-8-4-3-5-9-16/h3-14H,15H2,1-2H3. The molecule has 3 rings (SSSR count). The van der Waals surface area contributed by atoms with Gasteiger partial charge in [0.25, 0.3) is 0 Å². The van der Waals surface area contributed by atoms with E-state index in [0.29, 0.717) is 0 Å². The Hall–Kier alpha value is -2.13. The van der Waals surface area contributed by atoms with Crippen LogP contribution in [0.15, 0.2) is 73.3 Å². The maximum absolute atomic E-state index is 4.17. The van der Waals surface area contributed by atoms with E-state index in [9.17, 15) is 0 Å². The van der Waals surface area contributed by atoms with Gasteiger partial charge >= 0.3 is 0 Å². The van der Waals surface area contributed by atoms with Crippen molar-refractivity contribution in [2.24, 2.45) is 0 Å². The Morgan fingerprint density at radius 2 is 1.67 bits per heavy atom. The van der Waals surface area contributed by atoms with Crippen molar-refractivity contribution in [1.29, 1.82) is 0 Å². The summed E-state index contributed by atoms with van der Waals surface area (Å²) in [4.78, 5) is 4.17. The molecule has 0 bridgehead atoms. The van der Waals surface area contributed by atoms with Gasteiger partial charge in [-0.3, -0.25) is 0 Å². The summed E-state index contributed by atoms with van der Waals surface area (Å²) in [6, 6.07) is 19.5. The molecule has 1 aromatic heterocycles. The van der Waals surface area contributed by atoms with Crippen molar-refractivity contribution in [2.75, 3.05) is 0 Å². The minimum atomic E-state index is -1.59. The fraction of sp³-hybridized carbons (Fsp3) is 0.167. The predicted molar refractivity (Wildman–Crippen MR) is 91.2 cm³/mol. The molecular weight excluding hydrogens is 272 g/mol. The highest BCUT2D eigenvalue weighted by molar-refractivity contribution is 6.89. The van der Waals surface area contributed by atoms with Crippen molar-refractivity contribution in [1.82, 2.24) is 9.55 Å². The van der Waals surface area contributed by atoms with Crippen LogP contribution >= 0.6 is 0 Å². The van der Waals surface area contributed by atoms with Gasteiger partial charge < -0.3 is 4.57 Å². The van der Waals surface area contributed by atoms with Crippen molar-refractivity contribution in [3.63, 3.8) is 0 Å². The molecule has 0 aliphatic heterocycles. The Morgan fingerprint density at radius 3 is 2.38 bits per heavy atom. The highest BCUT2D eigenvalue weighted by Crippen LogP contribution is 2.20. The van der Waals surface area contributed by atoms with Gasteiger partial charge in [-0.25, -0.2) is 4.98 Å². The van der Waals surface area contributed by atoms with Crippen LogP contribution in [0.5, 0.6) is 0 Å². The van der Waals surface area contributed by atoms with Crippen LogP contribution in [-0.2, 0) is 6.17 Å². The molecule has 1 heterocycles. The summed E-state index contributed by atoms with van der Waals surface area (Å²) in [5, 5.41) is 1.50. The van der Waals surface area contributed by atoms with Crippen molar-refractivity contribution in [2.45, 2.75) is 19.3 Å². The summed E-state index contributed by atoms with van der Waals surface area (Å²) >= 11 is 0. The van der Waals surface area contributed by atoms with Crippen molar-refractivity contribution >= 4 is 13.3 Å². The number of benzene rings is 2. The molecule has 0 fully saturated rings. The lowest BCUT2D eigenvalue weighted by molar-refractivity contribution is 0.855. The van der Waals surface area contributed by atoms with E-state index in [-0.39, 0.29) is 0 Å². The normalized spacial score (nSPS) is 11.5. The number of hydrogen-bond donors (Lipinski definition) is 0. The second-order valence-electron chi connectivity index (χ2n) is 6.03. The molecule has 0 saturated heterocycles. The summed E-state index contributed by atoms with van der Waals surface area (Å²) in [5.74, 6) is 0. The molecule has 0 aliphatic carbocycles. The van der Waals surface area contributed by atoms with Gasteiger partial charge in [0.2, 0.25) is 0 Å². The average Bonchev–Trinajstić information content (AvgIpc) is 3.00. The maximum Gasteiger partial charge on any atom is 0.103 e. The van der Waals surface area contributed by atoms with E-state index in [1.807, 2.05) is 12.5 Å². The van der Waals surface area contributed by atoms with Gasteiger partial charge in [-0.15, -0.1) is 0 Å². The lowest BCUT2D eigenvalue weighted by atomic mass is 10.1. The molecule has 3 heteroatoms. The molecule has 0 atom stereocenters. The molecule has 3 aromatic rings. The molecule has 0 amide bonds. The van der Waals surface area contributed by atoms with Gasteiger partial charge in [-0.05, 0) is 11.1 Å². The third kappa shape index (κ3) is 2.98. The molecule has 2 nitrogen and oxygen atoms in total. The second kappa shape index (κ2) is 5.70. The van der Waals surface area contributed by atoms with Crippen LogP contribution in [0.3, 0.4) is 0 Å². The van der Waals surface area contributed by atoms with Crippen LogP contribution in [0.1, 0.15) is 0 Å². The zero-order valence-corrected chi connectivity index (χ0v) is 13.5. The molecular formula is C18H20N2Si. The third-order valence-electron chi connectivity index (χ3n) is 3.88. The molecule has 0 saturated carbocycles. The Bertz CT molecular complexity index is 703. The minimum Gasteiger partial charge on any atom is -0.340 e. The highest BCUT2D eigenvalue weighted by Gasteiger charge is 2.26. The number of hydrogen-bond acceptors (Lipinski definition) is 1. The lowest BCUT2D eigenvalue weighted by Gasteiger charge is -2.26. The van der Waals surface area contributed by atoms with Gasteiger partial charge in [0.05, 0.1) is 6.33 Å². The smallest absolute Gasteiger partial charge is 0.103 e. The predicted octanol–water partition coefficient (Wildman–Crippen LogP) is 3.70. The van der Waals surface area contributed by atoms with Crippen LogP contribution in [0.2, 0.25) is 13.1 Å². The van der Waals surface area contributed by atoms with Gasteiger partial charge in [-0.2, -0.15) is 0 Å². The van der Waals surface area contributed by atoms with Crippen LogP contribution in [0.25, 0.3) is 11.1 Å². The van der Waals surface area contributed by atoms with E-state index in [4.69, 9.17) is 0 Å². The molecule has 0 spiro atoms. The molecule has 0 aliphatic rings. The monoisotopic (exact) mass is 292 g/mol. The zero-order chi connectivity index (χ0) is 14.7. The third-order valence-corrected chi connectivity index (χ3v) is 6.93. The fourth-order valence-electron chi connectivity index (χ4n) is 2.86. The quantitative estimate of drug-likeness (QED) is 0.670. The first kappa shape index (κ1) is 13.8. The summed E-state index contributed by atoms with van der Waals surface area (Å²) in [7, 11) is -1.59. The molecule has 0 unspecified atom stereocenters. The van der Waals surface area contributed by atoms with Crippen molar-refractivity contribution < 1.29 is 0 Å². The van der Waals surface area contributed by atoms with Gasteiger partial charge in [0, 0.05) is 18.6 Å². The lowest BCUT2D eigenvalue weighted by Crippen LogP contribution is -2.46. The van der Waals surface area contributed by atoms with Gasteiger partial charge in [0.15, 0.2) is 0 Å². The molecule has 106 valence electrons. The average molecular weight is 292 g/mol. The van der Waals surface area contributed by atoms with Crippen molar-refractivity contribution in [3.05, 3.63) is 73.3 Å². The first-order chi connectivity index (χ1) is 10.2. The van der Waals surface area contributed by atoms with Gasteiger partial charge in [-0.1, -0.05) is 72.9 Å².